The monoisotopic (exact) mass is 406 g/mol. The van der Waals surface area contributed by atoms with Crippen LogP contribution in [0, 0.1) is 13.8 Å². The van der Waals surface area contributed by atoms with Crippen molar-refractivity contribution in [3.63, 3.8) is 0 Å². The van der Waals surface area contributed by atoms with Crippen molar-refractivity contribution < 1.29 is 9.53 Å². The van der Waals surface area contributed by atoms with Gasteiger partial charge in [0.1, 0.15) is 5.25 Å². The summed E-state index contributed by atoms with van der Waals surface area (Å²) < 4.78 is 8.53. The Labute approximate surface area is 170 Å². The van der Waals surface area contributed by atoms with Crippen LogP contribution in [0.15, 0.2) is 52.4 Å². The molecule has 0 aliphatic carbocycles. The summed E-state index contributed by atoms with van der Waals surface area (Å²) in [4.78, 5) is 25.4. The normalized spacial score (nSPS) is 16.6. The van der Waals surface area contributed by atoms with Crippen molar-refractivity contribution in [2.45, 2.75) is 30.7 Å². The minimum Gasteiger partial charge on any atom is -0.465 e. The molecule has 0 amide bonds. The van der Waals surface area contributed by atoms with Gasteiger partial charge in [-0.05, 0) is 37.6 Å². The second-order valence-electron chi connectivity index (χ2n) is 7.13. The molecule has 7 nitrogen and oxygen atoms in total. The van der Waals surface area contributed by atoms with Gasteiger partial charge in [0.2, 0.25) is 5.78 Å². The SMILES string of the molecule is Cc1ccc(-n2c(=O)c3ccccc3n3c(S[C@@H]4CCOC4=O)nnc23)c(C)c1. The zero-order valence-corrected chi connectivity index (χ0v) is 16.8. The molecule has 4 aromatic rings. The molecule has 0 radical (unpaired) electrons. The highest BCUT2D eigenvalue weighted by Gasteiger charge is 2.30. The Morgan fingerprint density at radius 1 is 1.10 bits per heavy atom. The van der Waals surface area contributed by atoms with Crippen LogP contribution in [0.25, 0.3) is 22.4 Å². The van der Waals surface area contributed by atoms with E-state index in [4.69, 9.17) is 4.74 Å². The molecule has 2 aromatic heterocycles. The fraction of sp³-hybridized carbons (Fsp3) is 0.238. The Kier molecular flexibility index (Phi) is 4.16. The number of benzene rings is 2. The maximum absolute atomic E-state index is 13.4. The van der Waals surface area contributed by atoms with Crippen LogP contribution in [0.2, 0.25) is 0 Å². The molecule has 0 spiro atoms. The van der Waals surface area contributed by atoms with E-state index in [0.717, 1.165) is 16.8 Å². The summed E-state index contributed by atoms with van der Waals surface area (Å²) in [5, 5.41) is 9.48. The number of ether oxygens (including phenoxy) is 1. The first-order chi connectivity index (χ1) is 14.0. The fourth-order valence-electron chi connectivity index (χ4n) is 3.74. The molecule has 1 saturated heterocycles. The third-order valence-electron chi connectivity index (χ3n) is 5.12. The van der Waals surface area contributed by atoms with E-state index in [-0.39, 0.29) is 16.8 Å². The summed E-state index contributed by atoms with van der Waals surface area (Å²) >= 11 is 1.33. The zero-order valence-electron chi connectivity index (χ0n) is 16.0. The molecule has 1 atom stereocenters. The lowest BCUT2D eigenvalue weighted by Crippen LogP contribution is -2.22. The second-order valence-corrected chi connectivity index (χ2v) is 8.30. The van der Waals surface area contributed by atoms with Crippen LogP contribution in [0.5, 0.6) is 0 Å². The van der Waals surface area contributed by atoms with Gasteiger partial charge >= 0.3 is 5.97 Å². The van der Waals surface area contributed by atoms with Gasteiger partial charge in [0.25, 0.3) is 5.56 Å². The number of thioether (sulfide) groups is 1. The van der Waals surface area contributed by atoms with E-state index in [1.807, 2.05) is 54.6 Å². The maximum Gasteiger partial charge on any atom is 0.319 e. The lowest BCUT2D eigenvalue weighted by molar-refractivity contribution is -0.137. The van der Waals surface area contributed by atoms with E-state index >= 15 is 0 Å². The molecule has 1 aliphatic heterocycles. The highest BCUT2D eigenvalue weighted by atomic mass is 32.2. The average Bonchev–Trinajstić information content (AvgIpc) is 3.30. The minimum absolute atomic E-state index is 0.149. The molecular formula is C21H18N4O3S. The van der Waals surface area contributed by atoms with E-state index < -0.39 is 0 Å². The largest absolute Gasteiger partial charge is 0.465 e. The van der Waals surface area contributed by atoms with E-state index in [1.165, 1.54) is 11.8 Å². The number of carbonyl (C=O) groups is 1. The minimum atomic E-state index is -0.317. The van der Waals surface area contributed by atoms with Crippen molar-refractivity contribution in [3.8, 4) is 5.69 Å². The average molecular weight is 406 g/mol. The van der Waals surface area contributed by atoms with Crippen LogP contribution in [0.3, 0.4) is 0 Å². The van der Waals surface area contributed by atoms with Crippen LogP contribution in [-0.4, -0.2) is 37.0 Å². The van der Waals surface area contributed by atoms with Crippen molar-refractivity contribution in [1.82, 2.24) is 19.2 Å². The number of nitrogens with zero attached hydrogens (tertiary/aromatic N) is 4. The highest BCUT2D eigenvalue weighted by Crippen LogP contribution is 2.30. The van der Waals surface area contributed by atoms with Crippen molar-refractivity contribution in [3.05, 3.63) is 63.9 Å². The number of hydrogen-bond donors (Lipinski definition) is 0. The molecule has 0 bridgehead atoms. The number of fused-ring (bicyclic) bond motifs is 3. The van der Waals surface area contributed by atoms with Crippen LogP contribution in [0.4, 0.5) is 0 Å². The Hall–Kier alpha value is -3.13. The molecule has 29 heavy (non-hydrogen) atoms. The molecule has 5 rings (SSSR count). The first-order valence-electron chi connectivity index (χ1n) is 9.34. The molecule has 3 heterocycles. The summed E-state index contributed by atoms with van der Waals surface area (Å²) in [5.74, 6) is 0.188. The summed E-state index contributed by atoms with van der Waals surface area (Å²) in [6.45, 7) is 4.41. The molecule has 0 saturated carbocycles. The summed E-state index contributed by atoms with van der Waals surface area (Å²) in [6.07, 6.45) is 0.632. The van der Waals surface area contributed by atoms with Gasteiger partial charge in [0.15, 0.2) is 5.16 Å². The number of rotatable bonds is 3. The highest BCUT2D eigenvalue weighted by molar-refractivity contribution is 8.00. The summed E-state index contributed by atoms with van der Waals surface area (Å²) in [7, 11) is 0. The third kappa shape index (κ3) is 2.82. The number of aromatic nitrogens is 4. The maximum atomic E-state index is 13.4. The fourth-order valence-corrected chi connectivity index (χ4v) is 4.75. The molecule has 1 aliphatic rings. The number of hydrogen-bond acceptors (Lipinski definition) is 6. The predicted octanol–water partition coefficient (Wildman–Crippen LogP) is 3.06. The topological polar surface area (TPSA) is 78.5 Å². The zero-order chi connectivity index (χ0) is 20.1. The first kappa shape index (κ1) is 17.9. The van der Waals surface area contributed by atoms with Crippen LogP contribution >= 0.6 is 11.8 Å². The van der Waals surface area contributed by atoms with Crippen LogP contribution in [0.1, 0.15) is 17.5 Å². The van der Waals surface area contributed by atoms with Gasteiger partial charge in [0.05, 0.1) is 23.2 Å². The Morgan fingerprint density at radius 3 is 2.69 bits per heavy atom. The van der Waals surface area contributed by atoms with Crippen molar-refractivity contribution >= 4 is 34.4 Å². The lowest BCUT2D eigenvalue weighted by Gasteiger charge is -2.14. The number of cyclic esters (lactones) is 1. The van der Waals surface area contributed by atoms with Crippen LogP contribution in [-0.2, 0) is 9.53 Å². The number of esters is 1. The van der Waals surface area contributed by atoms with E-state index in [1.54, 1.807) is 10.6 Å². The van der Waals surface area contributed by atoms with Crippen molar-refractivity contribution in [1.29, 1.82) is 0 Å². The van der Waals surface area contributed by atoms with Gasteiger partial charge in [-0.2, -0.15) is 0 Å². The van der Waals surface area contributed by atoms with E-state index in [2.05, 4.69) is 10.2 Å². The van der Waals surface area contributed by atoms with Gasteiger partial charge in [-0.3, -0.25) is 14.0 Å². The molecule has 0 N–H and O–H groups in total. The first-order valence-corrected chi connectivity index (χ1v) is 10.2. The Bertz CT molecular complexity index is 1340. The van der Waals surface area contributed by atoms with Gasteiger partial charge in [0, 0.05) is 6.42 Å². The molecular weight excluding hydrogens is 388 g/mol. The Balaban J connectivity index is 1.82. The Morgan fingerprint density at radius 2 is 1.93 bits per heavy atom. The quantitative estimate of drug-likeness (QED) is 0.487. The number of carbonyl (C=O) groups excluding carboxylic acids is 1. The third-order valence-corrected chi connectivity index (χ3v) is 6.31. The molecule has 0 unspecified atom stereocenters. The van der Waals surface area contributed by atoms with Gasteiger partial charge in [-0.1, -0.05) is 41.6 Å². The van der Waals surface area contributed by atoms with Crippen molar-refractivity contribution in [2.24, 2.45) is 0 Å². The van der Waals surface area contributed by atoms with Gasteiger partial charge < -0.3 is 4.74 Å². The number of aryl methyl sites for hydroxylation is 2. The number of para-hydroxylation sites is 1. The smallest absolute Gasteiger partial charge is 0.319 e. The van der Waals surface area contributed by atoms with Gasteiger partial charge in [-0.25, -0.2) is 4.57 Å². The van der Waals surface area contributed by atoms with Crippen molar-refractivity contribution in [2.75, 3.05) is 6.61 Å². The predicted molar refractivity (Wildman–Crippen MR) is 111 cm³/mol. The van der Waals surface area contributed by atoms with E-state index in [9.17, 15) is 9.59 Å². The van der Waals surface area contributed by atoms with Gasteiger partial charge in [-0.15, -0.1) is 10.2 Å². The molecule has 146 valence electrons. The summed E-state index contributed by atoms with van der Waals surface area (Å²) in [6, 6.07) is 13.3. The summed E-state index contributed by atoms with van der Waals surface area (Å²) in [5.41, 5.74) is 3.42. The lowest BCUT2D eigenvalue weighted by atomic mass is 10.1. The van der Waals surface area contributed by atoms with Crippen LogP contribution < -0.4 is 5.56 Å². The van der Waals surface area contributed by atoms with E-state index in [0.29, 0.717) is 34.9 Å². The molecule has 1 fully saturated rings. The molecule has 2 aromatic carbocycles. The second kappa shape index (κ2) is 6.73. The molecule has 8 heteroatoms. The standard InChI is InChI=1S/C21H18N4O3S/c1-12-7-8-15(13(2)11-12)24-18(26)14-5-3-4-6-16(14)25-20(24)22-23-21(25)29-17-9-10-28-19(17)27/h3-8,11,17H,9-10H2,1-2H3/t17-/m1/s1.